The molecule has 0 bridgehead atoms. The highest BCUT2D eigenvalue weighted by atomic mass is 32.2. The van der Waals surface area contributed by atoms with E-state index in [9.17, 15) is 9.90 Å². The number of hydrogen-bond acceptors (Lipinski definition) is 6. The van der Waals surface area contributed by atoms with E-state index in [0.29, 0.717) is 13.1 Å². The molecule has 0 unspecified atom stereocenters. The van der Waals surface area contributed by atoms with Crippen LogP contribution in [0.1, 0.15) is 0 Å². The average molecular weight is 294 g/mol. The van der Waals surface area contributed by atoms with Crippen molar-refractivity contribution in [3.63, 3.8) is 0 Å². The third-order valence-corrected chi connectivity index (χ3v) is 4.82. The van der Waals surface area contributed by atoms with Gasteiger partial charge in [-0.05, 0) is 0 Å². The lowest BCUT2D eigenvalue weighted by Crippen LogP contribution is -2.38. The first-order chi connectivity index (χ1) is 8.70. The quantitative estimate of drug-likeness (QED) is 0.529. The molecule has 18 heavy (non-hydrogen) atoms. The lowest BCUT2D eigenvalue weighted by molar-refractivity contribution is -0.141. The Bertz CT molecular complexity index is 228. The number of carbonyl (C=O) groups is 1. The molecule has 0 aromatic carbocycles. The van der Waals surface area contributed by atoms with E-state index in [-0.39, 0.29) is 12.0 Å². The Morgan fingerprint density at radius 1 is 1.06 bits per heavy atom. The van der Waals surface area contributed by atoms with Gasteiger partial charge in [0.25, 0.3) is 0 Å². The van der Waals surface area contributed by atoms with Gasteiger partial charge in [-0.2, -0.15) is 23.5 Å². The van der Waals surface area contributed by atoms with Gasteiger partial charge in [0.1, 0.15) is 0 Å². The van der Waals surface area contributed by atoms with Gasteiger partial charge in [0.15, 0.2) is 0 Å². The normalized spacial score (nSPS) is 29.4. The fraction of sp³-hybridized carbons (Fsp3) is 0.909. The minimum absolute atomic E-state index is 0.241. The maximum Gasteiger partial charge on any atom is 0.309 e. The molecule has 0 spiro atoms. The zero-order chi connectivity index (χ0) is 13.2. The number of rotatable bonds is 1. The molecule has 106 valence electrons. The largest absolute Gasteiger partial charge is 0.481 e. The van der Waals surface area contributed by atoms with Crippen molar-refractivity contribution >= 4 is 29.5 Å². The highest BCUT2D eigenvalue weighted by molar-refractivity contribution is 8.00. The number of aliphatic hydroxyl groups excluding tert-OH is 1. The lowest BCUT2D eigenvalue weighted by atomic mass is 10.1. The smallest absolute Gasteiger partial charge is 0.309 e. The standard InChI is InChI=1S/C11H22N2O3S2/c14-10-7-17-3-1-12-5-9(11(15)16)6-13-2-4-18-8-10/h9-10,12-14H,1-8H2,(H,15,16). The van der Waals surface area contributed by atoms with E-state index in [4.69, 9.17) is 5.11 Å². The van der Waals surface area contributed by atoms with Crippen LogP contribution in [0.4, 0.5) is 0 Å². The van der Waals surface area contributed by atoms with Gasteiger partial charge in [0.05, 0.1) is 12.0 Å². The van der Waals surface area contributed by atoms with Crippen LogP contribution in [0, 0.1) is 5.92 Å². The molecule has 0 radical (unpaired) electrons. The highest BCUT2D eigenvalue weighted by Gasteiger charge is 2.16. The van der Waals surface area contributed by atoms with Crippen molar-refractivity contribution < 1.29 is 15.0 Å². The van der Waals surface area contributed by atoms with Crippen LogP contribution in [0.5, 0.6) is 0 Å². The van der Waals surface area contributed by atoms with Crippen LogP contribution in [-0.4, -0.2) is 71.5 Å². The molecule has 1 aliphatic rings. The highest BCUT2D eigenvalue weighted by Crippen LogP contribution is 2.08. The molecule has 0 aromatic heterocycles. The summed E-state index contributed by atoms with van der Waals surface area (Å²) < 4.78 is 0. The van der Waals surface area contributed by atoms with Crippen molar-refractivity contribution in [2.45, 2.75) is 6.10 Å². The molecule has 7 heteroatoms. The molecular formula is C11H22N2O3S2. The molecule has 1 rings (SSSR count). The minimum atomic E-state index is -0.752. The Kier molecular flexibility index (Phi) is 8.87. The van der Waals surface area contributed by atoms with Crippen molar-refractivity contribution in [3.8, 4) is 0 Å². The number of carboxylic acid groups (broad SMARTS) is 1. The topological polar surface area (TPSA) is 81.6 Å². The fourth-order valence-electron chi connectivity index (χ4n) is 1.57. The van der Waals surface area contributed by atoms with Gasteiger partial charge in [-0.1, -0.05) is 0 Å². The first-order valence-corrected chi connectivity index (χ1v) is 8.49. The Hall–Kier alpha value is 0.0500. The summed E-state index contributed by atoms with van der Waals surface area (Å²) in [6, 6.07) is 0. The maximum absolute atomic E-state index is 11.0. The van der Waals surface area contributed by atoms with Gasteiger partial charge in [-0.25, -0.2) is 0 Å². The summed E-state index contributed by atoms with van der Waals surface area (Å²) in [4.78, 5) is 11.0. The SMILES string of the molecule is O=C(O)C1CNCCSCC(O)CSCCNC1. The Morgan fingerprint density at radius 2 is 1.56 bits per heavy atom. The first kappa shape index (κ1) is 16.1. The van der Waals surface area contributed by atoms with E-state index in [2.05, 4.69) is 10.6 Å². The summed E-state index contributed by atoms with van der Waals surface area (Å²) in [6.07, 6.45) is -0.241. The van der Waals surface area contributed by atoms with Gasteiger partial charge in [-0.15, -0.1) is 0 Å². The van der Waals surface area contributed by atoms with E-state index in [1.807, 2.05) is 0 Å². The second-order valence-corrected chi connectivity index (χ2v) is 6.55. The Morgan fingerprint density at radius 3 is 2.00 bits per heavy atom. The summed E-state index contributed by atoms with van der Waals surface area (Å²) in [7, 11) is 0. The van der Waals surface area contributed by atoms with Crippen molar-refractivity contribution in [2.75, 3.05) is 49.2 Å². The van der Waals surface area contributed by atoms with Crippen molar-refractivity contribution in [1.82, 2.24) is 10.6 Å². The fourth-order valence-corrected chi connectivity index (χ4v) is 3.41. The van der Waals surface area contributed by atoms with Gasteiger partial charge < -0.3 is 20.8 Å². The first-order valence-electron chi connectivity index (χ1n) is 6.18. The molecule has 5 nitrogen and oxygen atoms in total. The van der Waals surface area contributed by atoms with Gasteiger partial charge in [0, 0.05) is 49.2 Å². The predicted octanol–water partition coefficient (Wildman–Crippen LogP) is -0.293. The third kappa shape index (κ3) is 7.48. The molecule has 1 saturated heterocycles. The summed E-state index contributed by atoms with van der Waals surface area (Å²) >= 11 is 3.42. The molecule has 0 aliphatic carbocycles. The van der Waals surface area contributed by atoms with Crippen LogP contribution in [0.2, 0.25) is 0 Å². The third-order valence-electron chi connectivity index (χ3n) is 2.60. The summed E-state index contributed by atoms with van der Waals surface area (Å²) in [6.45, 7) is 2.57. The number of carboxylic acids is 1. The van der Waals surface area contributed by atoms with Gasteiger partial charge in [-0.3, -0.25) is 4.79 Å². The summed E-state index contributed by atoms with van der Waals surface area (Å²) in [5.74, 6) is 2.20. The lowest BCUT2D eigenvalue weighted by Gasteiger charge is -2.16. The van der Waals surface area contributed by atoms with E-state index < -0.39 is 5.97 Å². The van der Waals surface area contributed by atoms with Gasteiger partial charge >= 0.3 is 5.97 Å². The monoisotopic (exact) mass is 294 g/mol. The average Bonchev–Trinajstić information content (AvgIpc) is 2.34. The van der Waals surface area contributed by atoms with Crippen LogP contribution in [0.25, 0.3) is 0 Å². The van der Waals surface area contributed by atoms with E-state index >= 15 is 0 Å². The molecule has 1 aliphatic heterocycles. The van der Waals surface area contributed by atoms with Crippen LogP contribution in [0.3, 0.4) is 0 Å². The molecular weight excluding hydrogens is 272 g/mol. The zero-order valence-electron chi connectivity index (χ0n) is 10.4. The molecule has 4 N–H and O–H groups in total. The Labute approximate surface area is 116 Å². The van der Waals surface area contributed by atoms with Crippen LogP contribution in [0.15, 0.2) is 0 Å². The van der Waals surface area contributed by atoms with E-state index in [0.717, 1.165) is 36.1 Å². The summed E-state index contributed by atoms with van der Waals surface area (Å²) in [5.41, 5.74) is 0. The van der Waals surface area contributed by atoms with Crippen molar-refractivity contribution in [1.29, 1.82) is 0 Å². The number of thioether (sulfide) groups is 2. The minimum Gasteiger partial charge on any atom is -0.481 e. The van der Waals surface area contributed by atoms with Crippen LogP contribution < -0.4 is 10.6 Å². The number of nitrogens with one attached hydrogen (secondary N) is 2. The number of hydrogen-bond donors (Lipinski definition) is 4. The molecule has 1 heterocycles. The number of aliphatic carboxylic acids is 1. The predicted molar refractivity (Wildman–Crippen MR) is 77.5 cm³/mol. The maximum atomic E-state index is 11.0. The van der Waals surface area contributed by atoms with E-state index in [1.165, 1.54) is 0 Å². The Balaban J connectivity index is 2.32. The van der Waals surface area contributed by atoms with Crippen molar-refractivity contribution in [2.24, 2.45) is 5.92 Å². The molecule has 0 amide bonds. The summed E-state index contributed by atoms with van der Waals surface area (Å²) in [5, 5.41) is 25.0. The van der Waals surface area contributed by atoms with Crippen molar-refractivity contribution in [3.05, 3.63) is 0 Å². The zero-order valence-corrected chi connectivity index (χ0v) is 12.1. The van der Waals surface area contributed by atoms with Crippen LogP contribution >= 0.6 is 23.5 Å². The molecule has 0 aromatic rings. The molecule has 1 fully saturated rings. The second-order valence-electron chi connectivity index (χ2n) is 4.25. The second kappa shape index (κ2) is 9.91. The van der Waals surface area contributed by atoms with E-state index in [1.54, 1.807) is 23.5 Å². The van der Waals surface area contributed by atoms with Gasteiger partial charge in [0.2, 0.25) is 0 Å². The van der Waals surface area contributed by atoms with Crippen LogP contribution in [-0.2, 0) is 4.79 Å². The molecule has 0 atom stereocenters. The molecule has 0 saturated carbocycles. The number of aliphatic hydroxyl groups is 1.